The van der Waals surface area contributed by atoms with Crippen molar-refractivity contribution in [3.63, 3.8) is 0 Å². The summed E-state index contributed by atoms with van der Waals surface area (Å²) in [5.41, 5.74) is 3.18. The van der Waals surface area contributed by atoms with Crippen LogP contribution in [0.3, 0.4) is 0 Å². The zero-order valence-electron chi connectivity index (χ0n) is 16.9. The second kappa shape index (κ2) is 8.88. The molecule has 1 fully saturated rings. The highest BCUT2D eigenvalue weighted by atomic mass is 35.5. The normalized spacial score (nSPS) is 16.4. The van der Waals surface area contributed by atoms with Gasteiger partial charge >= 0.3 is 0 Å². The number of aliphatic hydroxyl groups excluding tert-OH is 1. The van der Waals surface area contributed by atoms with Crippen molar-refractivity contribution in [3.05, 3.63) is 70.7 Å². The Morgan fingerprint density at radius 1 is 1.10 bits per heavy atom. The van der Waals surface area contributed by atoms with Gasteiger partial charge < -0.3 is 9.67 Å². The number of aromatic nitrogens is 2. The van der Waals surface area contributed by atoms with Crippen LogP contribution in [0.25, 0.3) is 16.6 Å². The second-order valence-corrected chi connectivity index (χ2v) is 8.04. The molecule has 30 heavy (non-hydrogen) atoms. The van der Waals surface area contributed by atoms with E-state index in [0.717, 1.165) is 48.8 Å². The van der Waals surface area contributed by atoms with Gasteiger partial charge in [-0.3, -0.25) is 9.80 Å². The molecule has 1 aliphatic rings. The van der Waals surface area contributed by atoms with Crippen LogP contribution in [0, 0.1) is 11.3 Å². The fraction of sp³-hybridized carbons (Fsp3) is 0.304. The minimum absolute atomic E-state index is 0.0687. The molecule has 0 saturated carbocycles. The number of hydrogen-bond donors (Lipinski definition) is 1. The van der Waals surface area contributed by atoms with Crippen LogP contribution in [0.4, 0.5) is 0 Å². The third-order valence-corrected chi connectivity index (χ3v) is 5.78. The molecule has 0 bridgehead atoms. The fourth-order valence-electron chi connectivity index (χ4n) is 3.90. The standard InChI is InChI=1S/C23H24ClN5O/c1-27-21-8-3-2-7-20(21)26-23(27)19(14-25)22(30)16-29-11-9-28(10-12-29)15-17-5-4-6-18(24)13-17/h2-8,13,30H,9-12,15-16H2,1H3/b22-19-. The molecule has 2 aromatic carbocycles. The molecular weight excluding hydrogens is 398 g/mol. The Labute approximate surface area is 181 Å². The summed E-state index contributed by atoms with van der Waals surface area (Å²) in [5, 5.41) is 21.2. The van der Waals surface area contributed by atoms with Crippen molar-refractivity contribution in [2.75, 3.05) is 32.7 Å². The molecular formula is C23H24ClN5O. The predicted octanol–water partition coefficient (Wildman–Crippen LogP) is 3.84. The van der Waals surface area contributed by atoms with Gasteiger partial charge in [0.25, 0.3) is 0 Å². The number of halogens is 1. The largest absolute Gasteiger partial charge is 0.509 e. The highest BCUT2D eigenvalue weighted by molar-refractivity contribution is 6.30. The minimum atomic E-state index is 0.0687. The Hall–Kier alpha value is -2.85. The van der Waals surface area contributed by atoms with Crippen LogP contribution in [0.15, 0.2) is 54.3 Å². The SMILES string of the molecule is Cn1c(/C(C#N)=C(\O)CN2CCN(Cc3cccc(Cl)c3)CC2)nc2ccccc21. The Bertz CT molecular complexity index is 1120. The average Bonchev–Trinajstić information content (AvgIpc) is 3.07. The molecule has 0 amide bonds. The summed E-state index contributed by atoms with van der Waals surface area (Å²) in [7, 11) is 1.86. The number of nitrogens with zero attached hydrogens (tertiary/aromatic N) is 5. The zero-order chi connectivity index (χ0) is 21.1. The molecule has 0 atom stereocenters. The Morgan fingerprint density at radius 3 is 2.53 bits per heavy atom. The number of aryl methyl sites for hydroxylation is 1. The van der Waals surface area contributed by atoms with Crippen LogP contribution in [-0.2, 0) is 13.6 Å². The predicted molar refractivity (Wildman–Crippen MR) is 119 cm³/mol. The van der Waals surface area contributed by atoms with Crippen molar-refractivity contribution in [1.29, 1.82) is 5.26 Å². The van der Waals surface area contributed by atoms with Crippen LogP contribution in [0.1, 0.15) is 11.4 Å². The molecule has 1 saturated heterocycles. The van der Waals surface area contributed by atoms with E-state index in [9.17, 15) is 10.4 Å². The van der Waals surface area contributed by atoms with Gasteiger partial charge in [0, 0.05) is 44.8 Å². The van der Waals surface area contributed by atoms with Crippen molar-refractivity contribution in [2.45, 2.75) is 6.54 Å². The molecule has 0 spiro atoms. The molecule has 154 valence electrons. The van der Waals surface area contributed by atoms with E-state index in [0.29, 0.717) is 12.4 Å². The van der Waals surface area contributed by atoms with Gasteiger partial charge in [0.05, 0.1) is 17.6 Å². The molecule has 0 unspecified atom stereocenters. The number of benzene rings is 2. The molecule has 2 heterocycles. The highest BCUT2D eigenvalue weighted by Crippen LogP contribution is 2.22. The highest BCUT2D eigenvalue weighted by Gasteiger charge is 2.21. The first-order valence-corrected chi connectivity index (χ1v) is 10.4. The molecule has 6 nitrogen and oxygen atoms in total. The van der Waals surface area contributed by atoms with Crippen molar-refractivity contribution >= 4 is 28.2 Å². The van der Waals surface area contributed by atoms with Gasteiger partial charge in [-0.15, -0.1) is 0 Å². The molecule has 3 aromatic rings. The number of hydrogen-bond acceptors (Lipinski definition) is 5. The van der Waals surface area contributed by atoms with E-state index in [-0.39, 0.29) is 11.3 Å². The van der Waals surface area contributed by atoms with E-state index < -0.39 is 0 Å². The summed E-state index contributed by atoms with van der Waals surface area (Å²) in [6.45, 7) is 4.65. The van der Waals surface area contributed by atoms with Crippen LogP contribution >= 0.6 is 11.6 Å². The smallest absolute Gasteiger partial charge is 0.155 e. The van der Waals surface area contributed by atoms with Gasteiger partial charge in [0.1, 0.15) is 17.4 Å². The topological polar surface area (TPSA) is 68.3 Å². The van der Waals surface area contributed by atoms with Crippen LogP contribution in [0.2, 0.25) is 5.02 Å². The average molecular weight is 422 g/mol. The summed E-state index contributed by atoms with van der Waals surface area (Å²) >= 11 is 6.08. The maximum absolute atomic E-state index is 10.7. The number of fused-ring (bicyclic) bond motifs is 1. The lowest BCUT2D eigenvalue weighted by Gasteiger charge is -2.34. The van der Waals surface area contributed by atoms with Gasteiger partial charge in [0.2, 0.25) is 0 Å². The monoisotopic (exact) mass is 421 g/mol. The van der Waals surface area contributed by atoms with Crippen LogP contribution < -0.4 is 0 Å². The fourth-order valence-corrected chi connectivity index (χ4v) is 4.12. The number of para-hydroxylation sites is 2. The third-order valence-electron chi connectivity index (χ3n) is 5.54. The molecule has 0 aliphatic carbocycles. The van der Waals surface area contributed by atoms with E-state index in [1.165, 1.54) is 5.56 Å². The summed E-state index contributed by atoms with van der Waals surface area (Å²) in [4.78, 5) is 9.09. The summed E-state index contributed by atoms with van der Waals surface area (Å²) in [6, 6.07) is 17.8. The Balaban J connectivity index is 1.42. The van der Waals surface area contributed by atoms with E-state index in [4.69, 9.17) is 11.6 Å². The quantitative estimate of drug-likeness (QED) is 0.500. The first kappa shape index (κ1) is 20.4. The second-order valence-electron chi connectivity index (χ2n) is 7.60. The minimum Gasteiger partial charge on any atom is -0.509 e. The van der Waals surface area contributed by atoms with E-state index in [2.05, 4.69) is 26.9 Å². The van der Waals surface area contributed by atoms with Crippen molar-refractivity contribution in [3.8, 4) is 6.07 Å². The summed E-state index contributed by atoms with van der Waals surface area (Å²) in [6.07, 6.45) is 0. The molecule has 0 radical (unpaired) electrons. The Morgan fingerprint density at radius 2 is 1.83 bits per heavy atom. The molecule has 1 N–H and O–H groups in total. The molecule has 1 aromatic heterocycles. The number of imidazole rings is 1. The van der Waals surface area contributed by atoms with Gasteiger partial charge in [-0.25, -0.2) is 4.98 Å². The van der Waals surface area contributed by atoms with Gasteiger partial charge in [-0.1, -0.05) is 35.9 Å². The maximum atomic E-state index is 10.7. The third kappa shape index (κ3) is 4.34. The van der Waals surface area contributed by atoms with Crippen LogP contribution in [0.5, 0.6) is 0 Å². The number of rotatable bonds is 5. The van der Waals surface area contributed by atoms with Gasteiger partial charge in [-0.05, 0) is 29.8 Å². The Kier molecular flexibility index (Phi) is 6.05. The van der Waals surface area contributed by atoms with Crippen molar-refractivity contribution in [2.24, 2.45) is 7.05 Å². The van der Waals surface area contributed by atoms with Crippen LogP contribution in [-0.4, -0.2) is 57.2 Å². The lowest BCUT2D eigenvalue weighted by atomic mass is 10.2. The van der Waals surface area contributed by atoms with Crippen molar-refractivity contribution < 1.29 is 5.11 Å². The first-order valence-electron chi connectivity index (χ1n) is 9.98. The van der Waals surface area contributed by atoms with E-state index in [1.54, 1.807) is 0 Å². The van der Waals surface area contributed by atoms with Gasteiger partial charge in [-0.2, -0.15) is 5.26 Å². The maximum Gasteiger partial charge on any atom is 0.155 e. The lowest BCUT2D eigenvalue weighted by molar-refractivity contribution is 0.125. The molecule has 4 rings (SSSR count). The summed E-state index contributed by atoms with van der Waals surface area (Å²) < 4.78 is 1.85. The summed E-state index contributed by atoms with van der Waals surface area (Å²) in [5.74, 6) is 0.565. The van der Waals surface area contributed by atoms with E-state index in [1.807, 2.05) is 54.1 Å². The first-order chi connectivity index (χ1) is 14.5. The lowest BCUT2D eigenvalue weighted by Crippen LogP contribution is -2.46. The van der Waals surface area contributed by atoms with E-state index >= 15 is 0 Å². The van der Waals surface area contributed by atoms with Crippen molar-refractivity contribution in [1.82, 2.24) is 19.4 Å². The number of allylic oxidation sites excluding steroid dienone is 1. The molecule has 7 heteroatoms. The zero-order valence-corrected chi connectivity index (χ0v) is 17.7. The molecule has 1 aliphatic heterocycles. The van der Waals surface area contributed by atoms with Gasteiger partial charge in [0.15, 0.2) is 5.82 Å². The number of aliphatic hydroxyl groups is 1. The number of piperazine rings is 1. The number of nitriles is 1.